The fourth-order valence-corrected chi connectivity index (χ4v) is 4.19. The third-order valence-corrected chi connectivity index (χ3v) is 5.81. The molecule has 5 rings (SSSR count). The normalized spacial score (nSPS) is 21.8. The molecule has 0 radical (unpaired) electrons. The van der Waals surface area contributed by atoms with E-state index in [0.717, 1.165) is 0 Å². The topological polar surface area (TPSA) is 85.2 Å². The lowest BCUT2D eigenvalue weighted by atomic mass is 9.85. The monoisotopic (exact) mass is 420 g/mol. The minimum atomic E-state index is -0.666. The van der Waals surface area contributed by atoms with E-state index in [1.54, 1.807) is 12.1 Å². The first-order chi connectivity index (χ1) is 14.5. The predicted molar refractivity (Wildman–Crippen MR) is 116 cm³/mol. The van der Waals surface area contributed by atoms with Crippen LogP contribution >= 0.6 is 0 Å². The third-order valence-electron chi connectivity index (χ3n) is 5.81. The lowest BCUT2D eigenvalue weighted by molar-refractivity contribution is 0.0890. The summed E-state index contributed by atoms with van der Waals surface area (Å²) in [5.41, 5.74) is 0.852. The van der Waals surface area contributed by atoms with Crippen LogP contribution in [0.25, 0.3) is 12.2 Å². The minimum Gasteiger partial charge on any atom is -0.506 e. The van der Waals surface area contributed by atoms with Crippen molar-refractivity contribution in [2.45, 2.75) is 44.8 Å². The Kier molecular flexibility index (Phi) is 3.97. The van der Waals surface area contributed by atoms with Crippen molar-refractivity contribution in [1.29, 1.82) is 0 Å². The van der Waals surface area contributed by atoms with Crippen LogP contribution in [0.15, 0.2) is 30.4 Å². The zero-order valence-corrected chi connectivity index (χ0v) is 17.9. The zero-order valence-electron chi connectivity index (χ0n) is 17.9. The molecule has 0 aliphatic carbocycles. The van der Waals surface area contributed by atoms with Gasteiger partial charge in [-0.2, -0.15) is 0 Å². The Balaban J connectivity index is 1.55. The Morgan fingerprint density at radius 2 is 1.65 bits per heavy atom. The first-order valence-corrected chi connectivity index (χ1v) is 10.2. The van der Waals surface area contributed by atoms with E-state index in [-0.39, 0.29) is 29.5 Å². The van der Waals surface area contributed by atoms with Crippen molar-refractivity contribution in [1.82, 2.24) is 0 Å². The van der Waals surface area contributed by atoms with Crippen LogP contribution in [0.1, 0.15) is 60.7 Å². The van der Waals surface area contributed by atoms with E-state index in [2.05, 4.69) is 0 Å². The van der Waals surface area contributed by atoms with E-state index >= 15 is 0 Å². The number of phenolic OH excluding ortho intramolecular Hbond substituents is 2. The molecule has 0 saturated carbocycles. The van der Waals surface area contributed by atoms with Gasteiger partial charge in [-0.15, -0.1) is 0 Å². The second-order valence-electron chi connectivity index (χ2n) is 9.27. The van der Waals surface area contributed by atoms with Gasteiger partial charge < -0.3 is 24.4 Å². The number of aromatic hydroxyl groups is 2. The van der Waals surface area contributed by atoms with Crippen LogP contribution in [-0.4, -0.2) is 33.8 Å². The van der Waals surface area contributed by atoms with Gasteiger partial charge in [0.1, 0.15) is 40.6 Å². The molecule has 6 heteroatoms. The maximum absolute atomic E-state index is 13.4. The van der Waals surface area contributed by atoms with Crippen molar-refractivity contribution < 1.29 is 29.2 Å². The summed E-state index contributed by atoms with van der Waals surface area (Å²) in [4.78, 5) is 13.4. The average Bonchev–Trinajstić information content (AvgIpc) is 2.67. The van der Waals surface area contributed by atoms with Crippen molar-refractivity contribution >= 4 is 17.9 Å². The molecular weight excluding hydrogens is 396 g/mol. The molecule has 31 heavy (non-hydrogen) atoms. The summed E-state index contributed by atoms with van der Waals surface area (Å²) in [6.07, 6.45) is 7.38. The van der Waals surface area contributed by atoms with E-state index in [0.29, 0.717) is 33.9 Å². The molecule has 6 nitrogen and oxygen atoms in total. The lowest BCUT2D eigenvalue weighted by Gasteiger charge is -2.32. The fourth-order valence-electron chi connectivity index (χ4n) is 4.19. The van der Waals surface area contributed by atoms with Gasteiger partial charge >= 0.3 is 0 Å². The molecule has 0 aromatic heterocycles. The van der Waals surface area contributed by atoms with E-state index < -0.39 is 17.1 Å². The van der Waals surface area contributed by atoms with E-state index in [1.807, 2.05) is 52.0 Å². The molecule has 2 aromatic rings. The molecule has 3 aliphatic heterocycles. The number of carbonyl (C=O) groups is 1. The molecule has 1 atom stereocenters. The van der Waals surface area contributed by atoms with Gasteiger partial charge in [-0.05, 0) is 63.6 Å². The molecule has 0 bridgehead atoms. The SMILES string of the molecule is CC1(C)C=Cc2c(cc3c(c2O)C(=O)[C@@H](c2cc(O)c4c(c2)C=CC(C)(C)O4)CO3)O1. The van der Waals surface area contributed by atoms with Crippen molar-refractivity contribution in [3.8, 4) is 28.7 Å². The van der Waals surface area contributed by atoms with Crippen LogP contribution < -0.4 is 14.2 Å². The molecule has 0 saturated heterocycles. The molecule has 2 N–H and O–H groups in total. The number of rotatable bonds is 1. The Morgan fingerprint density at radius 1 is 0.935 bits per heavy atom. The maximum Gasteiger partial charge on any atom is 0.181 e. The number of ether oxygens (including phenoxy) is 3. The van der Waals surface area contributed by atoms with Crippen LogP contribution in [0, 0.1) is 0 Å². The largest absolute Gasteiger partial charge is 0.506 e. The highest BCUT2D eigenvalue weighted by molar-refractivity contribution is 6.07. The van der Waals surface area contributed by atoms with E-state index in [9.17, 15) is 15.0 Å². The first kappa shape index (κ1) is 19.5. The lowest BCUT2D eigenvalue weighted by Crippen LogP contribution is -2.30. The first-order valence-electron chi connectivity index (χ1n) is 10.2. The molecule has 3 aliphatic rings. The van der Waals surface area contributed by atoms with E-state index in [1.165, 1.54) is 6.07 Å². The van der Waals surface area contributed by atoms with Gasteiger partial charge in [-0.1, -0.05) is 6.08 Å². The molecule has 2 aromatic carbocycles. The second kappa shape index (κ2) is 6.30. The van der Waals surface area contributed by atoms with Gasteiger partial charge in [-0.25, -0.2) is 0 Å². The van der Waals surface area contributed by atoms with Crippen molar-refractivity contribution in [3.63, 3.8) is 0 Å². The van der Waals surface area contributed by atoms with Gasteiger partial charge in [0.2, 0.25) is 0 Å². The smallest absolute Gasteiger partial charge is 0.181 e. The van der Waals surface area contributed by atoms with Gasteiger partial charge in [0.15, 0.2) is 17.3 Å². The Hall–Kier alpha value is -3.41. The van der Waals surface area contributed by atoms with Crippen LogP contribution in [0.4, 0.5) is 0 Å². The highest BCUT2D eigenvalue weighted by Gasteiger charge is 2.37. The number of fused-ring (bicyclic) bond motifs is 3. The summed E-state index contributed by atoms with van der Waals surface area (Å²) in [7, 11) is 0. The molecule has 160 valence electrons. The van der Waals surface area contributed by atoms with Crippen LogP contribution in [-0.2, 0) is 0 Å². The summed E-state index contributed by atoms with van der Waals surface area (Å²) in [6.45, 7) is 7.72. The quantitative estimate of drug-likeness (QED) is 0.688. The molecular formula is C25H24O6. The number of Topliss-reactive ketones (excluding diaryl/α,β-unsaturated/α-hetero) is 1. The minimum absolute atomic E-state index is 0.0308. The van der Waals surface area contributed by atoms with Crippen LogP contribution in [0.5, 0.6) is 28.7 Å². The fraction of sp³-hybridized carbons (Fsp3) is 0.320. The summed E-state index contributed by atoms with van der Waals surface area (Å²) >= 11 is 0. The number of benzene rings is 2. The zero-order chi connectivity index (χ0) is 22.1. The third kappa shape index (κ3) is 3.14. The maximum atomic E-state index is 13.4. The summed E-state index contributed by atoms with van der Waals surface area (Å²) < 4.78 is 17.7. The van der Waals surface area contributed by atoms with E-state index in [4.69, 9.17) is 14.2 Å². The van der Waals surface area contributed by atoms with Crippen LogP contribution in [0.3, 0.4) is 0 Å². The highest BCUT2D eigenvalue weighted by Crippen LogP contribution is 2.48. The predicted octanol–water partition coefficient (Wildman–Crippen LogP) is 4.83. The average molecular weight is 420 g/mol. The molecule has 3 heterocycles. The molecule has 0 amide bonds. The van der Waals surface area contributed by atoms with Gasteiger partial charge in [0, 0.05) is 11.6 Å². The number of carbonyl (C=O) groups excluding carboxylic acids is 1. The number of hydrogen-bond acceptors (Lipinski definition) is 6. The van der Waals surface area contributed by atoms with Crippen molar-refractivity contribution in [2.24, 2.45) is 0 Å². The van der Waals surface area contributed by atoms with Gasteiger partial charge in [-0.3, -0.25) is 4.79 Å². The highest BCUT2D eigenvalue weighted by atomic mass is 16.5. The molecule has 0 fully saturated rings. The number of ketones is 1. The standard InChI is InChI=1S/C25H24O6/c1-24(2)8-6-15-18(30-24)11-19-20(21(15)27)22(28)16(12-29-19)14-9-13-5-7-25(3,4)31-23(13)17(26)10-14/h5-11,16,26-27H,12H2,1-4H3/t16-/m1/s1. The number of phenols is 2. The second-order valence-corrected chi connectivity index (χ2v) is 9.27. The Morgan fingerprint density at radius 3 is 2.42 bits per heavy atom. The van der Waals surface area contributed by atoms with Crippen molar-refractivity contribution in [3.05, 3.63) is 52.6 Å². The van der Waals surface area contributed by atoms with Crippen molar-refractivity contribution in [2.75, 3.05) is 6.61 Å². The Labute approximate surface area is 180 Å². The summed E-state index contributed by atoms with van der Waals surface area (Å²) in [6, 6.07) is 5.01. The van der Waals surface area contributed by atoms with Gasteiger partial charge in [0.25, 0.3) is 0 Å². The van der Waals surface area contributed by atoms with Crippen LogP contribution in [0.2, 0.25) is 0 Å². The molecule has 0 unspecified atom stereocenters. The number of hydrogen-bond donors (Lipinski definition) is 2. The summed E-state index contributed by atoms with van der Waals surface area (Å²) in [5, 5.41) is 21.4. The summed E-state index contributed by atoms with van der Waals surface area (Å²) in [5.74, 6) is 0.0590. The van der Waals surface area contributed by atoms with Gasteiger partial charge in [0.05, 0.1) is 11.5 Å². The Bertz CT molecular complexity index is 1190. The molecule has 0 spiro atoms.